The van der Waals surface area contributed by atoms with Crippen molar-refractivity contribution in [3.8, 4) is 5.69 Å². The third-order valence-corrected chi connectivity index (χ3v) is 3.52. The molecule has 1 aliphatic heterocycles. The summed E-state index contributed by atoms with van der Waals surface area (Å²) in [6.07, 6.45) is 5.57. The van der Waals surface area contributed by atoms with Gasteiger partial charge in [0.1, 0.15) is 12.7 Å². The number of benzene rings is 1. The minimum absolute atomic E-state index is 0.425. The highest BCUT2D eigenvalue weighted by Gasteiger charge is 2.15. The Morgan fingerprint density at radius 1 is 1.42 bits per heavy atom. The third kappa shape index (κ3) is 2.88. The van der Waals surface area contributed by atoms with Gasteiger partial charge in [0, 0.05) is 17.6 Å². The molecular weight excluding hydrogens is 262 g/mol. The van der Waals surface area contributed by atoms with E-state index in [-0.39, 0.29) is 0 Å². The number of anilines is 1. The van der Waals surface area contributed by atoms with Crippen LogP contribution in [0.4, 0.5) is 5.69 Å². The molecule has 0 spiro atoms. The van der Waals surface area contributed by atoms with E-state index >= 15 is 0 Å². The molecule has 100 valence electrons. The molecule has 2 N–H and O–H groups in total. The molecule has 0 amide bonds. The van der Waals surface area contributed by atoms with E-state index in [4.69, 9.17) is 11.6 Å². The van der Waals surface area contributed by atoms with Crippen LogP contribution >= 0.6 is 11.6 Å². The van der Waals surface area contributed by atoms with Gasteiger partial charge in [-0.05, 0) is 37.6 Å². The normalized spacial score (nSPS) is 19.3. The van der Waals surface area contributed by atoms with Gasteiger partial charge in [0.05, 0.1) is 11.4 Å². The van der Waals surface area contributed by atoms with Crippen LogP contribution in [0.25, 0.3) is 5.69 Å². The maximum atomic E-state index is 6.09. The second kappa shape index (κ2) is 5.59. The predicted molar refractivity (Wildman–Crippen MR) is 75.9 cm³/mol. The third-order valence-electron chi connectivity index (χ3n) is 3.28. The van der Waals surface area contributed by atoms with Crippen LogP contribution in [0.2, 0.25) is 5.02 Å². The first-order chi connectivity index (χ1) is 9.33. The summed E-state index contributed by atoms with van der Waals surface area (Å²) in [5, 5.41) is 11.8. The summed E-state index contributed by atoms with van der Waals surface area (Å²) < 4.78 is 1.74. The topological polar surface area (TPSA) is 54.8 Å². The molecule has 5 nitrogen and oxygen atoms in total. The van der Waals surface area contributed by atoms with Gasteiger partial charge < -0.3 is 10.6 Å². The first-order valence-electron chi connectivity index (χ1n) is 6.45. The van der Waals surface area contributed by atoms with E-state index in [9.17, 15) is 0 Å². The molecular formula is C13H16ClN5. The van der Waals surface area contributed by atoms with Crippen LogP contribution in [-0.4, -0.2) is 33.9 Å². The molecule has 1 unspecified atom stereocenters. The summed E-state index contributed by atoms with van der Waals surface area (Å²) in [4.78, 5) is 3.99. The van der Waals surface area contributed by atoms with Gasteiger partial charge >= 0.3 is 0 Å². The van der Waals surface area contributed by atoms with Gasteiger partial charge in [-0.2, -0.15) is 5.10 Å². The Bertz CT molecular complexity index is 534. The highest BCUT2D eigenvalue weighted by Crippen LogP contribution is 2.25. The van der Waals surface area contributed by atoms with Crippen LogP contribution < -0.4 is 10.6 Å². The molecule has 0 aliphatic carbocycles. The number of hydrogen-bond acceptors (Lipinski definition) is 4. The fraction of sp³-hybridized carbons (Fsp3) is 0.385. The van der Waals surface area contributed by atoms with Crippen molar-refractivity contribution < 1.29 is 0 Å². The summed E-state index contributed by atoms with van der Waals surface area (Å²) in [6, 6.07) is 6.18. The Morgan fingerprint density at radius 2 is 2.37 bits per heavy atom. The smallest absolute Gasteiger partial charge is 0.138 e. The predicted octanol–water partition coefficient (Wildman–Crippen LogP) is 2.08. The highest BCUT2D eigenvalue weighted by molar-refractivity contribution is 6.31. The van der Waals surface area contributed by atoms with E-state index in [0.29, 0.717) is 6.04 Å². The van der Waals surface area contributed by atoms with E-state index in [1.54, 1.807) is 11.0 Å². The van der Waals surface area contributed by atoms with Crippen molar-refractivity contribution >= 4 is 17.3 Å². The minimum atomic E-state index is 0.425. The van der Waals surface area contributed by atoms with Gasteiger partial charge in [0.2, 0.25) is 0 Å². The first-order valence-corrected chi connectivity index (χ1v) is 6.82. The molecule has 19 heavy (non-hydrogen) atoms. The zero-order valence-electron chi connectivity index (χ0n) is 10.5. The summed E-state index contributed by atoms with van der Waals surface area (Å²) in [5.74, 6) is 0. The highest BCUT2D eigenvalue weighted by atomic mass is 35.5. The molecule has 6 heteroatoms. The first kappa shape index (κ1) is 12.4. The molecule has 1 atom stereocenters. The van der Waals surface area contributed by atoms with Gasteiger partial charge in [0.25, 0.3) is 0 Å². The Kier molecular flexibility index (Phi) is 3.66. The zero-order chi connectivity index (χ0) is 13.1. The summed E-state index contributed by atoms with van der Waals surface area (Å²) in [6.45, 7) is 2.08. The Labute approximate surface area is 117 Å². The molecule has 2 heterocycles. The molecule has 1 aromatic carbocycles. The maximum absolute atomic E-state index is 6.09. The lowest BCUT2D eigenvalue weighted by Crippen LogP contribution is -2.38. The van der Waals surface area contributed by atoms with Gasteiger partial charge in [-0.3, -0.25) is 0 Å². The Hall–Kier alpha value is -1.59. The fourth-order valence-electron chi connectivity index (χ4n) is 2.35. The van der Waals surface area contributed by atoms with Crippen LogP contribution in [0.3, 0.4) is 0 Å². The van der Waals surface area contributed by atoms with E-state index in [2.05, 4.69) is 20.7 Å². The number of nitrogens with zero attached hydrogens (tertiary/aromatic N) is 3. The van der Waals surface area contributed by atoms with Crippen molar-refractivity contribution in [2.24, 2.45) is 0 Å². The van der Waals surface area contributed by atoms with Crippen molar-refractivity contribution in [2.45, 2.75) is 18.9 Å². The molecule has 1 aliphatic rings. The molecule has 1 aromatic heterocycles. The number of hydrogen-bond donors (Lipinski definition) is 2. The van der Waals surface area contributed by atoms with Crippen molar-refractivity contribution in [1.82, 2.24) is 20.1 Å². The Morgan fingerprint density at radius 3 is 3.11 bits per heavy atom. The quantitative estimate of drug-likeness (QED) is 0.902. The Balaban J connectivity index is 1.88. The number of aromatic nitrogens is 3. The van der Waals surface area contributed by atoms with Gasteiger partial charge in [0.15, 0.2) is 0 Å². The van der Waals surface area contributed by atoms with Crippen LogP contribution in [-0.2, 0) is 0 Å². The molecule has 1 saturated heterocycles. The van der Waals surface area contributed by atoms with Crippen LogP contribution in [0.5, 0.6) is 0 Å². The van der Waals surface area contributed by atoms with Crippen molar-refractivity contribution in [3.63, 3.8) is 0 Å². The van der Waals surface area contributed by atoms with E-state index < -0.39 is 0 Å². The largest absolute Gasteiger partial charge is 0.379 e. The number of piperidine rings is 1. The zero-order valence-corrected chi connectivity index (χ0v) is 11.3. The van der Waals surface area contributed by atoms with Gasteiger partial charge in [-0.15, -0.1) is 0 Å². The SMILES string of the molecule is Clc1ccc(-n2cncn2)c(NC2CCCNC2)c1. The standard InChI is InChI=1S/C13H16ClN5/c14-10-3-4-13(19-9-16-8-17-19)12(6-10)18-11-2-1-5-15-7-11/h3-4,6,8-9,11,15,18H,1-2,5,7H2. The summed E-state index contributed by atoms with van der Waals surface area (Å²) in [7, 11) is 0. The fourth-order valence-corrected chi connectivity index (χ4v) is 2.52. The van der Waals surface area contributed by atoms with Gasteiger partial charge in [-0.1, -0.05) is 11.6 Å². The number of halogens is 1. The minimum Gasteiger partial charge on any atom is -0.379 e. The van der Waals surface area contributed by atoms with Gasteiger partial charge in [-0.25, -0.2) is 9.67 Å². The lowest BCUT2D eigenvalue weighted by Gasteiger charge is -2.26. The summed E-state index contributed by atoms with van der Waals surface area (Å²) in [5.41, 5.74) is 1.96. The van der Waals surface area contributed by atoms with E-state index in [1.807, 2.05) is 18.2 Å². The average Bonchev–Trinajstić information content (AvgIpc) is 2.94. The van der Waals surface area contributed by atoms with Crippen LogP contribution in [0.15, 0.2) is 30.9 Å². The van der Waals surface area contributed by atoms with E-state index in [1.165, 1.54) is 12.7 Å². The molecule has 0 saturated carbocycles. The molecule has 2 aromatic rings. The second-order valence-corrected chi connectivity index (χ2v) is 5.13. The maximum Gasteiger partial charge on any atom is 0.138 e. The van der Waals surface area contributed by atoms with Crippen molar-refractivity contribution in [3.05, 3.63) is 35.9 Å². The number of rotatable bonds is 3. The average molecular weight is 278 g/mol. The van der Waals surface area contributed by atoms with E-state index in [0.717, 1.165) is 35.9 Å². The van der Waals surface area contributed by atoms with Crippen LogP contribution in [0.1, 0.15) is 12.8 Å². The second-order valence-electron chi connectivity index (χ2n) is 4.69. The molecule has 0 radical (unpaired) electrons. The van der Waals surface area contributed by atoms with Crippen molar-refractivity contribution in [1.29, 1.82) is 0 Å². The molecule has 0 bridgehead atoms. The lowest BCUT2D eigenvalue weighted by molar-refractivity contribution is 0.479. The summed E-state index contributed by atoms with van der Waals surface area (Å²) >= 11 is 6.09. The molecule has 3 rings (SSSR count). The monoisotopic (exact) mass is 277 g/mol. The van der Waals surface area contributed by atoms with Crippen LogP contribution in [0, 0.1) is 0 Å². The molecule has 1 fully saturated rings. The number of nitrogens with one attached hydrogen (secondary N) is 2. The lowest BCUT2D eigenvalue weighted by atomic mass is 10.1. The van der Waals surface area contributed by atoms with Crippen molar-refractivity contribution in [2.75, 3.05) is 18.4 Å².